The highest BCUT2D eigenvalue weighted by molar-refractivity contribution is 5.94. The molecule has 0 aliphatic heterocycles. The molecule has 3 aromatic carbocycles. The first-order chi connectivity index (χ1) is 17.4. The molecule has 6 nitrogen and oxygen atoms in total. The summed E-state index contributed by atoms with van der Waals surface area (Å²) in [7, 11) is 1.61. The summed E-state index contributed by atoms with van der Waals surface area (Å²) in [5, 5.41) is 4.77. The van der Waals surface area contributed by atoms with E-state index >= 15 is 0 Å². The van der Waals surface area contributed by atoms with Gasteiger partial charge < -0.3 is 14.4 Å². The van der Waals surface area contributed by atoms with Crippen molar-refractivity contribution >= 4 is 5.91 Å². The zero-order chi connectivity index (χ0) is 25.7. The van der Waals surface area contributed by atoms with E-state index in [4.69, 9.17) is 14.6 Å². The molecule has 1 atom stereocenters. The largest absolute Gasteiger partial charge is 0.497 e. The molecule has 186 valence electrons. The van der Waals surface area contributed by atoms with Crippen LogP contribution in [0.25, 0.3) is 5.69 Å². The molecule has 0 radical (unpaired) electrons. The van der Waals surface area contributed by atoms with E-state index < -0.39 is 0 Å². The van der Waals surface area contributed by atoms with Crippen LogP contribution < -0.4 is 9.47 Å². The van der Waals surface area contributed by atoms with E-state index in [1.807, 2.05) is 75.4 Å². The summed E-state index contributed by atoms with van der Waals surface area (Å²) in [5.74, 6) is 1.32. The number of nitrogens with zero attached hydrogens (tertiary/aromatic N) is 3. The first-order valence-corrected chi connectivity index (χ1v) is 11.9. The summed E-state index contributed by atoms with van der Waals surface area (Å²) in [6.07, 6.45) is 0.757. The Bertz CT molecular complexity index is 1300. The molecule has 1 aromatic heterocycles. The Morgan fingerprint density at radius 2 is 1.64 bits per heavy atom. The number of halogens is 1. The van der Waals surface area contributed by atoms with Crippen molar-refractivity contribution in [2.45, 2.75) is 39.8 Å². The molecule has 0 bridgehead atoms. The fourth-order valence-electron chi connectivity index (χ4n) is 3.90. The Balaban J connectivity index is 1.76. The molecule has 1 unspecified atom stereocenters. The van der Waals surface area contributed by atoms with E-state index in [0.717, 1.165) is 29.1 Å². The topological polar surface area (TPSA) is 56.6 Å². The van der Waals surface area contributed by atoms with Crippen molar-refractivity contribution in [1.82, 2.24) is 14.7 Å². The van der Waals surface area contributed by atoms with Crippen LogP contribution in [0.4, 0.5) is 4.39 Å². The standard InChI is InChI=1S/C29H30FN3O3/c1-5-20(2)32(28(34)22-11-13-23(30)14-12-22)19-27-21(3)31-33(24-9-7-6-8-10-24)29(27)36-26-17-15-25(35-4)16-18-26/h6-18,20H,5,19H2,1-4H3. The van der Waals surface area contributed by atoms with Gasteiger partial charge in [-0.05, 0) is 80.9 Å². The number of carbonyl (C=O) groups excluding carboxylic acids is 1. The van der Waals surface area contributed by atoms with Gasteiger partial charge in [-0.2, -0.15) is 5.10 Å². The minimum Gasteiger partial charge on any atom is -0.497 e. The summed E-state index contributed by atoms with van der Waals surface area (Å²) in [5.41, 5.74) is 2.82. The molecular weight excluding hydrogens is 457 g/mol. The van der Waals surface area contributed by atoms with Gasteiger partial charge in [0, 0.05) is 11.6 Å². The smallest absolute Gasteiger partial charge is 0.254 e. The molecule has 4 aromatic rings. The Morgan fingerprint density at radius 3 is 2.25 bits per heavy atom. The average molecular weight is 488 g/mol. The Kier molecular flexibility index (Phi) is 7.68. The monoisotopic (exact) mass is 487 g/mol. The Morgan fingerprint density at radius 1 is 1.00 bits per heavy atom. The number of ether oxygens (including phenoxy) is 2. The highest BCUT2D eigenvalue weighted by Gasteiger charge is 2.27. The van der Waals surface area contributed by atoms with Crippen LogP contribution in [0.5, 0.6) is 17.4 Å². The number of amides is 1. The van der Waals surface area contributed by atoms with E-state index in [9.17, 15) is 9.18 Å². The minimum atomic E-state index is -0.378. The van der Waals surface area contributed by atoms with Crippen molar-refractivity contribution in [2.24, 2.45) is 0 Å². The number of carbonyl (C=O) groups is 1. The fraction of sp³-hybridized carbons (Fsp3) is 0.241. The number of para-hydroxylation sites is 1. The molecule has 4 rings (SSSR count). The molecule has 0 aliphatic carbocycles. The Labute approximate surface area is 210 Å². The van der Waals surface area contributed by atoms with Crippen LogP contribution in [-0.2, 0) is 6.54 Å². The van der Waals surface area contributed by atoms with Crippen LogP contribution in [-0.4, -0.2) is 33.7 Å². The summed E-state index contributed by atoms with van der Waals surface area (Å²) < 4.78 is 26.9. The second-order valence-electron chi connectivity index (χ2n) is 8.59. The number of aromatic nitrogens is 2. The van der Waals surface area contributed by atoms with Gasteiger partial charge in [0.15, 0.2) is 0 Å². The highest BCUT2D eigenvalue weighted by atomic mass is 19.1. The normalized spacial score (nSPS) is 11.7. The van der Waals surface area contributed by atoms with Gasteiger partial charge in [0.1, 0.15) is 17.3 Å². The molecular formula is C29H30FN3O3. The molecule has 36 heavy (non-hydrogen) atoms. The maximum atomic E-state index is 13.5. The van der Waals surface area contributed by atoms with Gasteiger partial charge in [-0.25, -0.2) is 9.07 Å². The number of aryl methyl sites for hydroxylation is 1. The van der Waals surface area contributed by atoms with Gasteiger partial charge in [0.2, 0.25) is 5.88 Å². The lowest BCUT2D eigenvalue weighted by atomic mass is 10.1. The molecule has 0 saturated carbocycles. The van der Waals surface area contributed by atoms with E-state index in [-0.39, 0.29) is 24.3 Å². The SMILES string of the molecule is CCC(C)N(Cc1c(C)nn(-c2ccccc2)c1Oc1ccc(OC)cc1)C(=O)c1ccc(F)cc1. The molecule has 0 aliphatic rings. The first kappa shape index (κ1) is 25.0. The molecule has 1 heterocycles. The van der Waals surface area contributed by atoms with Crippen molar-refractivity contribution in [1.29, 1.82) is 0 Å². The fourth-order valence-corrected chi connectivity index (χ4v) is 3.90. The van der Waals surface area contributed by atoms with Crippen LogP contribution in [0, 0.1) is 12.7 Å². The van der Waals surface area contributed by atoms with Crippen molar-refractivity contribution < 1.29 is 18.7 Å². The minimum absolute atomic E-state index is 0.0594. The van der Waals surface area contributed by atoms with Crippen molar-refractivity contribution in [3.63, 3.8) is 0 Å². The summed E-state index contributed by atoms with van der Waals surface area (Å²) >= 11 is 0. The average Bonchev–Trinajstić information content (AvgIpc) is 3.22. The third kappa shape index (κ3) is 5.40. The third-order valence-corrected chi connectivity index (χ3v) is 6.22. The van der Waals surface area contributed by atoms with Crippen LogP contribution in [0.1, 0.15) is 41.9 Å². The lowest BCUT2D eigenvalue weighted by Crippen LogP contribution is -2.38. The van der Waals surface area contributed by atoms with E-state index in [1.165, 1.54) is 24.3 Å². The van der Waals surface area contributed by atoms with Crippen molar-refractivity contribution in [3.8, 4) is 23.1 Å². The number of hydrogen-bond donors (Lipinski definition) is 0. The van der Waals surface area contributed by atoms with Crippen LogP contribution >= 0.6 is 0 Å². The van der Waals surface area contributed by atoms with Gasteiger partial charge in [-0.15, -0.1) is 0 Å². The maximum Gasteiger partial charge on any atom is 0.254 e. The van der Waals surface area contributed by atoms with Crippen LogP contribution in [0.2, 0.25) is 0 Å². The van der Waals surface area contributed by atoms with Gasteiger partial charge in [0.25, 0.3) is 5.91 Å². The molecule has 0 saturated heterocycles. The van der Waals surface area contributed by atoms with E-state index in [2.05, 4.69) is 0 Å². The van der Waals surface area contributed by atoms with E-state index in [1.54, 1.807) is 16.7 Å². The first-order valence-electron chi connectivity index (χ1n) is 11.9. The van der Waals surface area contributed by atoms with Gasteiger partial charge in [-0.1, -0.05) is 25.1 Å². The molecule has 7 heteroatoms. The quantitative estimate of drug-likeness (QED) is 0.268. The number of hydrogen-bond acceptors (Lipinski definition) is 4. The zero-order valence-electron chi connectivity index (χ0n) is 20.9. The number of benzene rings is 3. The predicted octanol–water partition coefficient (Wildman–Crippen LogP) is 6.56. The second kappa shape index (κ2) is 11.1. The van der Waals surface area contributed by atoms with Gasteiger partial charge in [-0.3, -0.25) is 4.79 Å². The third-order valence-electron chi connectivity index (χ3n) is 6.22. The Hall–Kier alpha value is -4.13. The highest BCUT2D eigenvalue weighted by Crippen LogP contribution is 2.33. The molecule has 0 N–H and O–H groups in total. The number of rotatable bonds is 9. The van der Waals surface area contributed by atoms with Crippen molar-refractivity contribution in [3.05, 3.63) is 102 Å². The molecule has 0 fully saturated rings. The lowest BCUT2D eigenvalue weighted by molar-refractivity contribution is 0.0670. The van der Waals surface area contributed by atoms with Gasteiger partial charge in [0.05, 0.1) is 30.6 Å². The summed E-state index contributed by atoms with van der Waals surface area (Å²) in [6, 6.07) is 22.6. The predicted molar refractivity (Wildman–Crippen MR) is 137 cm³/mol. The van der Waals surface area contributed by atoms with Crippen LogP contribution in [0.3, 0.4) is 0 Å². The molecule has 0 spiro atoms. The second-order valence-corrected chi connectivity index (χ2v) is 8.59. The lowest BCUT2D eigenvalue weighted by Gasteiger charge is -2.29. The van der Waals surface area contributed by atoms with Crippen molar-refractivity contribution in [2.75, 3.05) is 7.11 Å². The van der Waals surface area contributed by atoms with Gasteiger partial charge >= 0.3 is 0 Å². The van der Waals surface area contributed by atoms with Crippen LogP contribution in [0.15, 0.2) is 78.9 Å². The van der Waals surface area contributed by atoms with E-state index in [0.29, 0.717) is 17.2 Å². The zero-order valence-corrected chi connectivity index (χ0v) is 20.9. The number of methoxy groups -OCH3 is 1. The summed E-state index contributed by atoms with van der Waals surface area (Å²) in [4.78, 5) is 15.3. The summed E-state index contributed by atoms with van der Waals surface area (Å²) in [6.45, 7) is 6.23. The molecule has 1 amide bonds. The maximum absolute atomic E-state index is 13.5.